The van der Waals surface area contributed by atoms with Crippen LogP contribution in [0.5, 0.6) is 0 Å². The van der Waals surface area contributed by atoms with Crippen molar-refractivity contribution in [3.05, 3.63) is 194 Å². The fraction of sp³-hybridized carbons (Fsp3) is 0. The number of hydrogen-bond acceptors (Lipinski definition) is 4. The van der Waals surface area contributed by atoms with E-state index >= 15 is 0 Å². The molecule has 0 bridgehead atoms. The molecule has 0 N–H and O–H groups in total. The highest BCUT2D eigenvalue weighted by atomic mass is 32.1. The first-order valence-corrected chi connectivity index (χ1v) is 19.1. The zero-order valence-electron chi connectivity index (χ0n) is 28.2. The molecule has 0 unspecified atom stereocenters. The molecule has 2 heterocycles. The molecule has 0 aliphatic heterocycles. The normalized spacial score (nSPS) is 11.5. The highest BCUT2D eigenvalue weighted by Gasteiger charge is 2.20. The van der Waals surface area contributed by atoms with Gasteiger partial charge in [0.25, 0.3) is 0 Å². The van der Waals surface area contributed by atoms with Gasteiger partial charge in [0, 0.05) is 74.5 Å². The second kappa shape index (κ2) is 12.8. The van der Waals surface area contributed by atoms with Crippen molar-refractivity contribution < 1.29 is 0 Å². The molecular weight excluding hydrogens is 669 g/mol. The first kappa shape index (κ1) is 30.6. The van der Waals surface area contributed by atoms with Crippen LogP contribution in [0.3, 0.4) is 0 Å². The summed E-state index contributed by atoms with van der Waals surface area (Å²) in [5.74, 6) is 0. The van der Waals surface area contributed by atoms with Crippen LogP contribution in [0, 0.1) is 0 Å². The fourth-order valence-corrected chi connectivity index (χ4v) is 9.64. The summed E-state index contributed by atoms with van der Waals surface area (Å²) >= 11 is 3.71. The maximum atomic E-state index is 2.41. The molecule has 10 aromatic rings. The van der Waals surface area contributed by atoms with E-state index in [-0.39, 0.29) is 0 Å². The Morgan fingerprint density at radius 2 is 0.712 bits per heavy atom. The summed E-state index contributed by atoms with van der Waals surface area (Å²) < 4.78 is 5.21. The third kappa shape index (κ3) is 5.41. The van der Waals surface area contributed by atoms with Gasteiger partial charge in [-0.3, -0.25) is 0 Å². The molecule has 0 atom stereocenters. The molecule has 2 aromatic heterocycles. The number of benzene rings is 8. The Hall–Kier alpha value is -6.20. The second-order valence-electron chi connectivity index (χ2n) is 13.0. The molecule has 52 heavy (non-hydrogen) atoms. The first-order chi connectivity index (χ1) is 25.8. The Morgan fingerprint density at radius 1 is 0.250 bits per heavy atom. The van der Waals surface area contributed by atoms with Crippen LogP contribution in [0.2, 0.25) is 0 Å². The number of thiophene rings is 2. The standard InChI is InChI=1S/C48H32N2S2/c1-4-14-35(15-5-1)49(36-16-6-2-7-17-36)39-28-34(33-24-26-43-41-20-10-12-22-45(41)52-48(43)30-33)29-40(31-39)50(37-18-8-3-9-19-37)38-25-27-47-44(32-38)42-21-11-13-23-46(42)51-47/h1-32H. The van der Waals surface area contributed by atoms with Gasteiger partial charge in [-0.2, -0.15) is 0 Å². The van der Waals surface area contributed by atoms with E-state index in [9.17, 15) is 0 Å². The molecular formula is C48H32N2S2. The predicted octanol–water partition coefficient (Wildman–Crippen LogP) is 15.0. The van der Waals surface area contributed by atoms with Gasteiger partial charge in [-0.15, -0.1) is 22.7 Å². The Balaban J connectivity index is 1.23. The fourth-order valence-electron chi connectivity index (χ4n) is 7.40. The van der Waals surface area contributed by atoms with Crippen molar-refractivity contribution in [1.82, 2.24) is 0 Å². The number of anilines is 6. The minimum atomic E-state index is 1.09. The van der Waals surface area contributed by atoms with Crippen molar-refractivity contribution in [1.29, 1.82) is 0 Å². The van der Waals surface area contributed by atoms with Gasteiger partial charge in [0.05, 0.1) is 0 Å². The van der Waals surface area contributed by atoms with E-state index in [4.69, 9.17) is 0 Å². The summed E-state index contributed by atoms with van der Waals surface area (Å²) in [5, 5.41) is 5.19. The van der Waals surface area contributed by atoms with Crippen LogP contribution in [0.25, 0.3) is 51.5 Å². The van der Waals surface area contributed by atoms with Crippen LogP contribution in [0.1, 0.15) is 0 Å². The van der Waals surface area contributed by atoms with Crippen LogP contribution in [-0.4, -0.2) is 0 Å². The molecule has 10 rings (SSSR count). The lowest BCUT2D eigenvalue weighted by Gasteiger charge is -2.30. The molecule has 8 aromatic carbocycles. The van der Waals surface area contributed by atoms with E-state index in [1.54, 1.807) is 0 Å². The summed E-state index contributed by atoms with van der Waals surface area (Å²) in [5.41, 5.74) is 8.97. The quantitative estimate of drug-likeness (QED) is 0.163. The van der Waals surface area contributed by atoms with Crippen LogP contribution in [-0.2, 0) is 0 Å². The van der Waals surface area contributed by atoms with Gasteiger partial charge in [0.2, 0.25) is 0 Å². The van der Waals surface area contributed by atoms with Crippen molar-refractivity contribution in [3.8, 4) is 11.1 Å². The van der Waals surface area contributed by atoms with Crippen molar-refractivity contribution in [2.24, 2.45) is 0 Å². The molecule has 0 spiro atoms. The van der Waals surface area contributed by atoms with Gasteiger partial charge < -0.3 is 9.80 Å². The topological polar surface area (TPSA) is 6.48 Å². The third-order valence-electron chi connectivity index (χ3n) is 9.79. The maximum absolute atomic E-state index is 2.41. The number of hydrogen-bond donors (Lipinski definition) is 0. The van der Waals surface area contributed by atoms with Gasteiger partial charge in [0.15, 0.2) is 0 Å². The second-order valence-corrected chi connectivity index (χ2v) is 15.2. The van der Waals surface area contributed by atoms with Gasteiger partial charge >= 0.3 is 0 Å². The third-order valence-corrected chi connectivity index (χ3v) is 12.1. The SMILES string of the molecule is c1ccc(N(c2ccccc2)c2cc(-c3ccc4c(c3)sc3ccccc34)cc(N(c3ccccc3)c3ccc4sc5ccccc5c4c3)c2)cc1. The average molecular weight is 701 g/mol. The summed E-state index contributed by atoms with van der Waals surface area (Å²) in [6, 6.07) is 70.5. The molecule has 0 saturated heterocycles. The molecule has 0 aliphatic rings. The van der Waals surface area contributed by atoms with E-state index in [0.29, 0.717) is 0 Å². The van der Waals surface area contributed by atoms with Crippen LogP contribution >= 0.6 is 22.7 Å². The molecule has 0 fully saturated rings. The van der Waals surface area contributed by atoms with Crippen LogP contribution in [0.15, 0.2) is 194 Å². The zero-order valence-corrected chi connectivity index (χ0v) is 29.8. The van der Waals surface area contributed by atoms with Gasteiger partial charge in [-0.25, -0.2) is 0 Å². The van der Waals surface area contributed by atoms with E-state index in [1.165, 1.54) is 45.9 Å². The lowest BCUT2D eigenvalue weighted by molar-refractivity contribution is 1.25. The van der Waals surface area contributed by atoms with Gasteiger partial charge in [-0.1, -0.05) is 103 Å². The van der Waals surface area contributed by atoms with E-state index in [2.05, 4.69) is 204 Å². The summed E-state index contributed by atoms with van der Waals surface area (Å²) in [7, 11) is 0. The molecule has 2 nitrogen and oxygen atoms in total. The van der Waals surface area contributed by atoms with Crippen molar-refractivity contribution in [3.63, 3.8) is 0 Å². The minimum absolute atomic E-state index is 1.09. The highest BCUT2D eigenvalue weighted by molar-refractivity contribution is 7.26. The Kier molecular flexibility index (Phi) is 7.56. The number of para-hydroxylation sites is 3. The van der Waals surface area contributed by atoms with E-state index < -0.39 is 0 Å². The average Bonchev–Trinajstić information content (AvgIpc) is 3.77. The first-order valence-electron chi connectivity index (χ1n) is 17.5. The van der Waals surface area contributed by atoms with E-state index in [1.807, 2.05) is 22.7 Å². The van der Waals surface area contributed by atoms with Crippen molar-refractivity contribution in [2.75, 3.05) is 9.80 Å². The summed E-state index contributed by atoms with van der Waals surface area (Å²) in [6.07, 6.45) is 0. The molecule has 0 amide bonds. The van der Waals surface area contributed by atoms with Gasteiger partial charge in [-0.05, 0) is 102 Å². The number of nitrogens with zero attached hydrogens (tertiary/aromatic N) is 2. The zero-order chi connectivity index (χ0) is 34.4. The minimum Gasteiger partial charge on any atom is -0.310 e. The van der Waals surface area contributed by atoms with E-state index in [0.717, 1.165) is 39.7 Å². The van der Waals surface area contributed by atoms with Crippen molar-refractivity contribution >= 4 is 97.1 Å². The van der Waals surface area contributed by atoms with Crippen LogP contribution in [0.4, 0.5) is 34.1 Å². The summed E-state index contributed by atoms with van der Waals surface area (Å²) in [6.45, 7) is 0. The monoisotopic (exact) mass is 700 g/mol. The lowest BCUT2D eigenvalue weighted by Crippen LogP contribution is -2.13. The highest BCUT2D eigenvalue weighted by Crippen LogP contribution is 2.45. The molecule has 0 radical (unpaired) electrons. The molecule has 0 aliphatic carbocycles. The number of fused-ring (bicyclic) bond motifs is 6. The smallest absolute Gasteiger partial charge is 0.0488 e. The maximum Gasteiger partial charge on any atom is 0.0488 e. The Bertz CT molecular complexity index is 2820. The Labute approximate surface area is 310 Å². The number of rotatable bonds is 7. The molecule has 246 valence electrons. The largest absolute Gasteiger partial charge is 0.310 e. The lowest BCUT2D eigenvalue weighted by atomic mass is 10.0. The van der Waals surface area contributed by atoms with Crippen LogP contribution < -0.4 is 9.80 Å². The summed E-state index contributed by atoms with van der Waals surface area (Å²) in [4.78, 5) is 4.77. The molecule has 4 heteroatoms. The molecule has 0 saturated carbocycles. The Morgan fingerprint density at radius 3 is 1.31 bits per heavy atom. The predicted molar refractivity (Wildman–Crippen MR) is 227 cm³/mol. The van der Waals surface area contributed by atoms with Crippen molar-refractivity contribution in [2.45, 2.75) is 0 Å². The van der Waals surface area contributed by atoms with Gasteiger partial charge in [0.1, 0.15) is 0 Å².